The van der Waals surface area contributed by atoms with Crippen LogP contribution in [0.1, 0.15) is 12.0 Å². The second-order valence-electron chi connectivity index (χ2n) is 2.49. The van der Waals surface area contributed by atoms with Crippen LogP contribution in [0.2, 0.25) is 0 Å². The van der Waals surface area contributed by atoms with Gasteiger partial charge in [-0.1, -0.05) is 0 Å². The summed E-state index contributed by atoms with van der Waals surface area (Å²) < 4.78 is 71.2. The van der Waals surface area contributed by atoms with E-state index in [9.17, 15) is 26.0 Å². The molecular formula is C6H4F4N2O2S. The van der Waals surface area contributed by atoms with Crippen molar-refractivity contribution < 1.29 is 26.0 Å². The molecule has 0 aliphatic carbocycles. The minimum atomic E-state index is -4.57. The molecule has 1 heterocycles. The molecule has 0 bridgehead atoms. The van der Waals surface area contributed by atoms with E-state index in [0.29, 0.717) is 0 Å². The van der Waals surface area contributed by atoms with E-state index >= 15 is 0 Å². The summed E-state index contributed by atoms with van der Waals surface area (Å²) in [4.78, 5) is 1.43. The molecule has 1 aromatic rings. The lowest BCUT2D eigenvalue weighted by Gasteiger charge is -2.07. The van der Waals surface area contributed by atoms with E-state index in [-0.39, 0.29) is 6.20 Å². The molecule has 9 heteroatoms. The number of rotatable bonds is 2. The summed E-state index contributed by atoms with van der Waals surface area (Å²) in [5.74, 6) is -3.82. The highest BCUT2D eigenvalue weighted by Gasteiger charge is 2.27. The van der Waals surface area contributed by atoms with Gasteiger partial charge in [-0.3, -0.25) is 0 Å². The lowest BCUT2D eigenvalue weighted by Crippen LogP contribution is -2.17. The van der Waals surface area contributed by atoms with E-state index in [1.165, 1.54) is 0 Å². The minimum absolute atomic E-state index is 0.245. The highest BCUT2D eigenvalue weighted by molar-refractivity contribution is 7.89. The molecule has 0 unspecified atom stereocenters. The van der Waals surface area contributed by atoms with Gasteiger partial charge in [-0.2, -0.15) is 4.39 Å². The fourth-order valence-corrected chi connectivity index (χ4v) is 1.58. The number of pyridine rings is 1. The summed E-state index contributed by atoms with van der Waals surface area (Å²) in [6.45, 7) is 0. The number of nitrogens with zero attached hydrogens (tertiary/aromatic N) is 1. The van der Waals surface area contributed by atoms with Crippen LogP contribution in [-0.4, -0.2) is 13.4 Å². The number of halogens is 4. The molecule has 0 aliphatic heterocycles. The lowest BCUT2D eigenvalue weighted by atomic mass is 10.2. The number of alkyl halides is 2. The van der Waals surface area contributed by atoms with Crippen molar-refractivity contribution in [2.24, 2.45) is 5.14 Å². The van der Waals surface area contributed by atoms with Crippen LogP contribution in [0.25, 0.3) is 0 Å². The van der Waals surface area contributed by atoms with Crippen molar-refractivity contribution in [2.45, 2.75) is 11.3 Å². The van der Waals surface area contributed by atoms with Gasteiger partial charge in [0, 0.05) is 0 Å². The summed E-state index contributed by atoms with van der Waals surface area (Å²) in [6.07, 6.45) is -3.26. The third kappa shape index (κ3) is 2.23. The van der Waals surface area contributed by atoms with Crippen LogP contribution in [0.5, 0.6) is 0 Å². The predicted molar refractivity (Wildman–Crippen MR) is 40.5 cm³/mol. The van der Waals surface area contributed by atoms with Gasteiger partial charge in [0.15, 0.2) is 5.82 Å². The monoisotopic (exact) mass is 244 g/mol. The lowest BCUT2D eigenvalue weighted by molar-refractivity contribution is 0.140. The first-order valence-electron chi connectivity index (χ1n) is 3.40. The van der Waals surface area contributed by atoms with E-state index in [0.717, 1.165) is 0 Å². The highest BCUT2D eigenvalue weighted by atomic mass is 32.2. The number of nitrogens with two attached hydrogens (primary N) is 1. The number of aromatic nitrogens is 1. The Balaban J connectivity index is 3.62. The summed E-state index contributed by atoms with van der Waals surface area (Å²) >= 11 is 0. The Morgan fingerprint density at radius 2 is 1.87 bits per heavy atom. The van der Waals surface area contributed by atoms with Crippen LogP contribution < -0.4 is 5.14 Å². The summed E-state index contributed by atoms with van der Waals surface area (Å²) in [5, 5.41) is 4.52. The van der Waals surface area contributed by atoms with Crippen LogP contribution in [0.4, 0.5) is 17.6 Å². The Morgan fingerprint density at radius 1 is 1.33 bits per heavy atom. The first-order valence-corrected chi connectivity index (χ1v) is 4.94. The van der Waals surface area contributed by atoms with Gasteiger partial charge in [0.1, 0.15) is 4.90 Å². The van der Waals surface area contributed by atoms with Crippen LogP contribution in [-0.2, 0) is 10.0 Å². The standard InChI is InChI=1S/C6H4F4N2O2S/c7-4-3(5(8)9)2(15(11,13)14)1-12-6(4)10/h1,5H,(H2,11,13,14). The normalized spacial score (nSPS) is 12.1. The van der Waals surface area contributed by atoms with E-state index in [4.69, 9.17) is 0 Å². The maximum absolute atomic E-state index is 12.8. The van der Waals surface area contributed by atoms with Gasteiger partial charge in [-0.05, 0) is 0 Å². The summed E-state index contributed by atoms with van der Waals surface area (Å²) in [7, 11) is -4.57. The zero-order chi connectivity index (χ0) is 11.8. The molecule has 0 saturated carbocycles. The van der Waals surface area contributed by atoms with Crippen LogP contribution >= 0.6 is 0 Å². The second-order valence-corrected chi connectivity index (χ2v) is 4.02. The molecule has 0 spiro atoms. The molecule has 15 heavy (non-hydrogen) atoms. The van der Waals surface area contributed by atoms with Crippen molar-refractivity contribution in [3.63, 3.8) is 0 Å². The quantitative estimate of drug-likeness (QED) is 0.621. The average Bonchev–Trinajstić information content (AvgIpc) is 2.06. The van der Waals surface area contributed by atoms with Crippen molar-refractivity contribution in [1.29, 1.82) is 0 Å². The van der Waals surface area contributed by atoms with E-state index < -0.39 is 38.7 Å². The number of sulfonamides is 1. The molecule has 0 atom stereocenters. The van der Waals surface area contributed by atoms with Crippen molar-refractivity contribution in [1.82, 2.24) is 4.98 Å². The maximum Gasteiger partial charge on any atom is 0.268 e. The highest BCUT2D eigenvalue weighted by Crippen LogP contribution is 2.28. The molecule has 0 saturated heterocycles. The van der Waals surface area contributed by atoms with Crippen LogP contribution in [0.15, 0.2) is 11.1 Å². The Labute approximate surface area is 81.8 Å². The van der Waals surface area contributed by atoms with Crippen molar-refractivity contribution >= 4 is 10.0 Å². The second kappa shape index (κ2) is 3.74. The van der Waals surface area contributed by atoms with Crippen LogP contribution in [0.3, 0.4) is 0 Å². The zero-order valence-electron chi connectivity index (χ0n) is 6.92. The first kappa shape index (κ1) is 11.9. The maximum atomic E-state index is 12.8. The number of hydrogen-bond donors (Lipinski definition) is 1. The third-order valence-corrected chi connectivity index (χ3v) is 2.44. The molecule has 0 aliphatic rings. The summed E-state index contributed by atoms with van der Waals surface area (Å²) in [5.41, 5.74) is -1.61. The van der Waals surface area contributed by atoms with Gasteiger partial charge in [-0.15, -0.1) is 0 Å². The van der Waals surface area contributed by atoms with Gasteiger partial charge in [0.05, 0.1) is 11.8 Å². The summed E-state index contributed by atoms with van der Waals surface area (Å²) in [6, 6.07) is 0. The molecule has 84 valence electrons. The van der Waals surface area contributed by atoms with Gasteiger partial charge in [-0.25, -0.2) is 31.7 Å². The number of primary sulfonamides is 1. The van der Waals surface area contributed by atoms with Crippen molar-refractivity contribution in [2.75, 3.05) is 0 Å². The number of hydrogen-bond acceptors (Lipinski definition) is 3. The van der Waals surface area contributed by atoms with Gasteiger partial charge in [0.2, 0.25) is 16.0 Å². The topological polar surface area (TPSA) is 73.1 Å². The van der Waals surface area contributed by atoms with Crippen LogP contribution in [0, 0.1) is 11.8 Å². The molecular weight excluding hydrogens is 240 g/mol. The molecule has 0 fully saturated rings. The SMILES string of the molecule is NS(=O)(=O)c1cnc(F)c(F)c1C(F)F. The smallest absolute Gasteiger partial charge is 0.225 e. The Kier molecular flexibility index (Phi) is 2.95. The fourth-order valence-electron chi connectivity index (χ4n) is 0.891. The molecule has 1 aromatic heterocycles. The molecule has 0 amide bonds. The van der Waals surface area contributed by atoms with E-state index in [2.05, 4.69) is 10.1 Å². The van der Waals surface area contributed by atoms with E-state index in [1.807, 2.05) is 0 Å². The molecule has 0 aromatic carbocycles. The van der Waals surface area contributed by atoms with E-state index in [1.54, 1.807) is 0 Å². The molecule has 4 nitrogen and oxygen atoms in total. The molecule has 0 radical (unpaired) electrons. The van der Waals surface area contributed by atoms with Gasteiger partial charge >= 0.3 is 0 Å². The largest absolute Gasteiger partial charge is 0.268 e. The van der Waals surface area contributed by atoms with Gasteiger partial charge < -0.3 is 0 Å². The fraction of sp³-hybridized carbons (Fsp3) is 0.167. The Bertz CT molecular complexity index is 488. The Morgan fingerprint density at radius 3 is 2.27 bits per heavy atom. The van der Waals surface area contributed by atoms with Crippen molar-refractivity contribution in [3.05, 3.63) is 23.5 Å². The first-order chi connectivity index (χ1) is 6.75. The molecule has 1 rings (SSSR count). The average molecular weight is 244 g/mol. The molecule has 2 N–H and O–H groups in total. The Hall–Kier alpha value is -1.22. The van der Waals surface area contributed by atoms with Gasteiger partial charge in [0.25, 0.3) is 6.43 Å². The van der Waals surface area contributed by atoms with Crippen molar-refractivity contribution in [3.8, 4) is 0 Å². The predicted octanol–water partition coefficient (Wildman–Crippen LogP) is 0.945. The third-order valence-electron chi connectivity index (χ3n) is 1.50. The minimum Gasteiger partial charge on any atom is -0.225 e. The zero-order valence-corrected chi connectivity index (χ0v) is 7.73.